The van der Waals surface area contributed by atoms with Crippen molar-refractivity contribution < 1.29 is 14.5 Å². The fourth-order valence-electron chi connectivity index (χ4n) is 2.82. The number of hydrogen-bond donors (Lipinski definition) is 1. The number of quaternary nitrogens is 1. The third kappa shape index (κ3) is 3.54. The second-order valence-corrected chi connectivity index (χ2v) is 7.06. The van der Waals surface area contributed by atoms with Crippen LogP contribution >= 0.6 is 23.4 Å². The number of carbonyl (C=O) groups excluding carboxylic acids is 2. The number of thioether (sulfide) groups is 1. The number of carbonyl (C=O) groups is 2. The number of hydrogen-bond acceptors (Lipinski definition) is 3. The first kappa shape index (κ1) is 15.6. The summed E-state index contributed by atoms with van der Waals surface area (Å²) in [5.74, 6) is -0.187. The number of benzene rings is 1. The highest BCUT2D eigenvalue weighted by atomic mass is 35.5. The van der Waals surface area contributed by atoms with Gasteiger partial charge in [-0.2, -0.15) is 0 Å². The summed E-state index contributed by atoms with van der Waals surface area (Å²) in [7, 11) is 0. The molecule has 2 aliphatic rings. The minimum atomic E-state index is -0.187. The molecule has 1 N–H and O–H groups in total. The van der Waals surface area contributed by atoms with Crippen molar-refractivity contribution in [3.63, 3.8) is 0 Å². The Balaban J connectivity index is 1.73. The highest BCUT2D eigenvalue weighted by molar-refractivity contribution is 8.18. The van der Waals surface area contributed by atoms with Crippen LogP contribution in [0.15, 0.2) is 29.2 Å². The Morgan fingerprint density at radius 3 is 2.73 bits per heavy atom. The third-order valence-corrected chi connectivity index (χ3v) is 5.10. The fourth-order valence-corrected chi connectivity index (χ4v) is 3.85. The first-order valence-corrected chi connectivity index (χ1v) is 8.67. The number of likely N-dealkylation sites (tertiary alicyclic amines) is 1. The highest BCUT2D eigenvalue weighted by Crippen LogP contribution is 2.31. The van der Waals surface area contributed by atoms with Crippen LogP contribution in [0.5, 0.6) is 0 Å². The molecule has 0 aromatic heterocycles. The predicted octanol–water partition coefficient (Wildman–Crippen LogP) is 2.40. The average molecular weight is 338 g/mol. The van der Waals surface area contributed by atoms with Crippen LogP contribution in [-0.2, 0) is 4.79 Å². The number of piperidine rings is 1. The van der Waals surface area contributed by atoms with Gasteiger partial charge in [0.25, 0.3) is 11.1 Å². The molecule has 0 radical (unpaired) electrons. The Morgan fingerprint density at radius 1 is 1.23 bits per heavy atom. The van der Waals surface area contributed by atoms with Gasteiger partial charge in [-0.15, -0.1) is 0 Å². The molecule has 6 heteroatoms. The molecule has 2 aliphatic heterocycles. The molecule has 0 spiro atoms. The summed E-state index contributed by atoms with van der Waals surface area (Å²) in [6.07, 6.45) is 5.33. The van der Waals surface area contributed by atoms with E-state index in [0.717, 1.165) is 30.4 Å². The van der Waals surface area contributed by atoms with Crippen molar-refractivity contribution in [3.8, 4) is 0 Å². The summed E-state index contributed by atoms with van der Waals surface area (Å²) in [6, 6.07) is 7.27. The summed E-state index contributed by atoms with van der Waals surface area (Å²) in [5, 5.41) is 0.446. The molecule has 2 fully saturated rings. The maximum Gasteiger partial charge on any atom is 0.298 e. The minimum Gasteiger partial charge on any atom is -0.317 e. The van der Waals surface area contributed by atoms with Crippen LogP contribution in [0.2, 0.25) is 5.02 Å². The fraction of sp³-hybridized carbons (Fsp3) is 0.375. The Kier molecular flexibility index (Phi) is 4.86. The lowest BCUT2D eigenvalue weighted by Gasteiger charge is -2.26. The van der Waals surface area contributed by atoms with Gasteiger partial charge in [0.05, 0.1) is 18.0 Å². The lowest BCUT2D eigenvalue weighted by atomic mass is 10.1. The number of amides is 2. The molecular weight excluding hydrogens is 320 g/mol. The van der Waals surface area contributed by atoms with Crippen LogP contribution in [0, 0.1) is 0 Å². The smallest absolute Gasteiger partial charge is 0.298 e. The van der Waals surface area contributed by atoms with E-state index in [1.54, 1.807) is 18.2 Å². The Bertz CT molecular complexity index is 626. The topological polar surface area (TPSA) is 41.8 Å². The molecule has 0 bridgehead atoms. The zero-order valence-electron chi connectivity index (χ0n) is 12.2. The van der Waals surface area contributed by atoms with Gasteiger partial charge in [0.15, 0.2) is 6.67 Å². The molecule has 4 nitrogen and oxygen atoms in total. The third-order valence-electron chi connectivity index (χ3n) is 3.96. The van der Waals surface area contributed by atoms with E-state index in [9.17, 15) is 9.59 Å². The van der Waals surface area contributed by atoms with Crippen molar-refractivity contribution in [1.29, 1.82) is 0 Å². The molecule has 22 heavy (non-hydrogen) atoms. The Hall–Kier alpha value is -1.30. The van der Waals surface area contributed by atoms with Crippen LogP contribution in [0.4, 0.5) is 4.79 Å². The predicted molar refractivity (Wildman–Crippen MR) is 88.7 cm³/mol. The van der Waals surface area contributed by atoms with E-state index in [1.807, 2.05) is 12.1 Å². The van der Waals surface area contributed by atoms with Crippen molar-refractivity contribution in [2.24, 2.45) is 0 Å². The number of halogens is 1. The van der Waals surface area contributed by atoms with Gasteiger partial charge in [-0.1, -0.05) is 23.7 Å². The van der Waals surface area contributed by atoms with E-state index in [0.29, 0.717) is 16.6 Å². The van der Waals surface area contributed by atoms with Gasteiger partial charge in [-0.3, -0.25) is 9.59 Å². The van der Waals surface area contributed by atoms with Gasteiger partial charge in [0.2, 0.25) is 0 Å². The zero-order valence-corrected chi connectivity index (χ0v) is 13.8. The van der Waals surface area contributed by atoms with Gasteiger partial charge in [-0.25, -0.2) is 4.90 Å². The zero-order chi connectivity index (χ0) is 15.5. The van der Waals surface area contributed by atoms with Gasteiger partial charge in [0.1, 0.15) is 0 Å². The molecule has 116 valence electrons. The maximum absolute atomic E-state index is 12.4. The quantitative estimate of drug-likeness (QED) is 0.861. The van der Waals surface area contributed by atoms with E-state index in [4.69, 9.17) is 11.6 Å². The first-order valence-electron chi connectivity index (χ1n) is 7.48. The highest BCUT2D eigenvalue weighted by Gasteiger charge is 2.37. The summed E-state index contributed by atoms with van der Waals surface area (Å²) in [4.78, 5) is 27.7. The van der Waals surface area contributed by atoms with Crippen LogP contribution in [-0.4, -0.2) is 35.8 Å². The molecule has 1 aromatic rings. The van der Waals surface area contributed by atoms with Crippen LogP contribution in [0.1, 0.15) is 24.8 Å². The molecule has 0 aliphatic carbocycles. The van der Waals surface area contributed by atoms with E-state index in [2.05, 4.69) is 0 Å². The molecule has 0 saturated carbocycles. The van der Waals surface area contributed by atoms with Crippen LogP contribution in [0.3, 0.4) is 0 Å². The molecule has 3 rings (SSSR count). The average Bonchev–Trinajstić information content (AvgIpc) is 2.76. The Morgan fingerprint density at radius 2 is 2.00 bits per heavy atom. The van der Waals surface area contributed by atoms with Gasteiger partial charge >= 0.3 is 0 Å². The Labute approximate surface area is 139 Å². The second-order valence-electron chi connectivity index (χ2n) is 5.63. The summed E-state index contributed by atoms with van der Waals surface area (Å²) >= 11 is 6.96. The lowest BCUT2D eigenvalue weighted by molar-refractivity contribution is -0.912. The molecule has 0 atom stereocenters. The molecular formula is C16H18ClN2O2S+. The minimum absolute atomic E-state index is 0.170. The first-order chi connectivity index (χ1) is 10.6. The van der Waals surface area contributed by atoms with Gasteiger partial charge < -0.3 is 4.90 Å². The van der Waals surface area contributed by atoms with Crippen LogP contribution < -0.4 is 4.90 Å². The maximum atomic E-state index is 12.4. The standard InChI is InChI=1S/C16H17ClN2O2S/c17-13-6-4-5-12(9-13)10-14-15(20)19(16(21)22-14)11-18-7-2-1-3-8-18/h4-6,9-10H,1-3,7-8,11H2/p+1/b14-10-. The SMILES string of the molecule is O=C1S/C(=C\c2cccc(Cl)c2)C(=O)N1C[NH+]1CCCCC1. The number of rotatable bonds is 3. The monoisotopic (exact) mass is 337 g/mol. The number of nitrogens with zero attached hydrogens (tertiary/aromatic N) is 1. The number of imide groups is 1. The molecule has 2 amide bonds. The van der Waals surface area contributed by atoms with E-state index in [-0.39, 0.29) is 11.1 Å². The summed E-state index contributed by atoms with van der Waals surface area (Å²) < 4.78 is 0. The summed E-state index contributed by atoms with van der Waals surface area (Å²) in [6.45, 7) is 2.56. The molecule has 0 unspecified atom stereocenters. The lowest BCUT2D eigenvalue weighted by Crippen LogP contribution is -3.14. The van der Waals surface area contributed by atoms with Gasteiger partial charge in [0, 0.05) is 5.02 Å². The number of nitrogens with one attached hydrogen (secondary N) is 1. The molecule has 1 aromatic carbocycles. The normalized spacial score (nSPS) is 21.9. The molecule has 2 heterocycles. The van der Waals surface area contributed by atoms with Crippen LogP contribution in [0.25, 0.3) is 6.08 Å². The summed E-state index contributed by atoms with van der Waals surface area (Å²) in [5.41, 5.74) is 0.836. The van der Waals surface area contributed by atoms with Crippen molar-refractivity contribution in [3.05, 3.63) is 39.8 Å². The van der Waals surface area contributed by atoms with Crippen molar-refractivity contribution in [2.75, 3.05) is 19.8 Å². The van der Waals surface area contributed by atoms with E-state index in [1.165, 1.54) is 29.1 Å². The second kappa shape index (κ2) is 6.86. The largest absolute Gasteiger partial charge is 0.317 e. The van der Waals surface area contributed by atoms with Gasteiger partial charge in [-0.05, 0) is 54.8 Å². The van der Waals surface area contributed by atoms with E-state index >= 15 is 0 Å². The van der Waals surface area contributed by atoms with Crippen molar-refractivity contribution >= 4 is 40.6 Å². The van der Waals surface area contributed by atoms with E-state index < -0.39 is 0 Å². The molecule has 2 saturated heterocycles. The van der Waals surface area contributed by atoms with Crippen molar-refractivity contribution in [1.82, 2.24) is 4.90 Å². The van der Waals surface area contributed by atoms with Crippen molar-refractivity contribution in [2.45, 2.75) is 19.3 Å².